The van der Waals surface area contributed by atoms with E-state index in [2.05, 4.69) is 6.92 Å². The molecule has 0 aromatic rings. The van der Waals surface area contributed by atoms with Crippen molar-refractivity contribution in [3.8, 4) is 0 Å². The highest BCUT2D eigenvalue weighted by molar-refractivity contribution is 5.82. The minimum absolute atomic E-state index is 0.148. The van der Waals surface area contributed by atoms with Crippen LogP contribution < -0.4 is 0 Å². The standard InChI is InChI=1S/C10H19NO/c1-4-10(2,3)9(12)11-7-5-6-8-11/h4-8H2,1-3H3. The summed E-state index contributed by atoms with van der Waals surface area (Å²) < 4.78 is 0. The van der Waals surface area contributed by atoms with Gasteiger partial charge in [-0.1, -0.05) is 20.8 Å². The van der Waals surface area contributed by atoms with Crippen molar-refractivity contribution in [1.82, 2.24) is 4.90 Å². The van der Waals surface area contributed by atoms with Gasteiger partial charge in [0.2, 0.25) is 5.91 Å². The van der Waals surface area contributed by atoms with Crippen LogP contribution in [0.25, 0.3) is 0 Å². The van der Waals surface area contributed by atoms with E-state index in [9.17, 15) is 4.79 Å². The lowest BCUT2D eigenvalue weighted by Crippen LogP contribution is -2.38. The summed E-state index contributed by atoms with van der Waals surface area (Å²) in [7, 11) is 0. The van der Waals surface area contributed by atoms with E-state index in [4.69, 9.17) is 0 Å². The molecule has 1 heterocycles. The molecule has 1 amide bonds. The van der Waals surface area contributed by atoms with Crippen LogP contribution in [0.3, 0.4) is 0 Å². The molecular formula is C10H19NO. The molecule has 0 aromatic carbocycles. The predicted octanol–water partition coefficient (Wildman–Crippen LogP) is 2.04. The molecule has 0 spiro atoms. The molecule has 0 saturated carbocycles. The van der Waals surface area contributed by atoms with Crippen LogP contribution in [0.4, 0.5) is 0 Å². The second kappa shape index (κ2) is 3.46. The van der Waals surface area contributed by atoms with E-state index in [1.165, 1.54) is 12.8 Å². The summed E-state index contributed by atoms with van der Waals surface area (Å²) in [6, 6.07) is 0. The number of hydrogen-bond acceptors (Lipinski definition) is 1. The van der Waals surface area contributed by atoms with E-state index >= 15 is 0 Å². The molecule has 2 heteroatoms. The summed E-state index contributed by atoms with van der Waals surface area (Å²) in [4.78, 5) is 13.8. The molecule has 1 aliphatic heterocycles. The Labute approximate surface area is 74.9 Å². The topological polar surface area (TPSA) is 20.3 Å². The van der Waals surface area contributed by atoms with Gasteiger partial charge in [0.05, 0.1) is 0 Å². The van der Waals surface area contributed by atoms with Gasteiger partial charge in [0.1, 0.15) is 0 Å². The van der Waals surface area contributed by atoms with Gasteiger partial charge in [0.15, 0.2) is 0 Å². The minimum atomic E-state index is -0.148. The van der Waals surface area contributed by atoms with Crippen LogP contribution in [-0.2, 0) is 4.79 Å². The fourth-order valence-electron chi connectivity index (χ4n) is 1.50. The molecule has 70 valence electrons. The van der Waals surface area contributed by atoms with Crippen LogP contribution in [0, 0.1) is 5.41 Å². The van der Waals surface area contributed by atoms with E-state index in [1.54, 1.807) is 0 Å². The average molecular weight is 169 g/mol. The monoisotopic (exact) mass is 169 g/mol. The maximum absolute atomic E-state index is 11.8. The molecule has 1 saturated heterocycles. The SMILES string of the molecule is CCC(C)(C)C(=O)N1CCCC1. The smallest absolute Gasteiger partial charge is 0.228 e. The van der Waals surface area contributed by atoms with Crippen molar-refractivity contribution in [2.45, 2.75) is 40.0 Å². The lowest BCUT2D eigenvalue weighted by atomic mass is 9.89. The Morgan fingerprint density at radius 3 is 2.25 bits per heavy atom. The Kier molecular flexibility index (Phi) is 2.76. The predicted molar refractivity (Wildman–Crippen MR) is 49.9 cm³/mol. The van der Waals surface area contributed by atoms with Gasteiger partial charge in [-0.05, 0) is 19.3 Å². The molecule has 0 atom stereocenters. The van der Waals surface area contributed by atoms with E-state index in [0.29, 0.717) is 5.91 Å². The largest absolute Gasteiger partial charge is 0.342 e. The van der Waals surface area contributed by atoms with Gasteiger partial charge in [-0.3, -0.25) is 4.79 Å². The van der Waals surface area contributed by atoms with Gasteiger partial charge >= 0.3 is 0 Å². The van der Waals surface area contributed by atoms with Crippen molar-refractivity contribution in [1.29, 1.82) is 0 Å². The Balaban J connectivity index is 2.56. The van der Waals surface area contributed by atoms with Crippen molar-refractivity contribution in [2.24, 2.45) is 5.41 Å². The van der Waals surface area contributed by atoms with Crippen molar-refractivity contribution in [3.05, 3.63) is 0 Å². The van der Waals surface area contributed by atoms with Crippen LogP contribution in [0.5, 0.6) is 0 Å². The third kappa shape index (κ3) is 1.79. The highest BCUT2D eigenvalue weighted by Gasteiger charge is 2.31. The Bertz CT molecular complexity index is 169. The molecule has 0 unspecified atom stereocenters. The highest BCUT2D eigenvalue weighted by Crippen LogP contribution is 2.24. The molecule has 0 aliphatic carbocycles. The lowest BCUT2D eigenvalue weighted by molar-refractivity contribution is -0.139. The van der Waals surface area contributed by atoms with Crippen LogP contribution in [0.15, 0.2) is 0 Å². The molecule has 1 fully saturated rings. The van der Waals surface area contributed by atoms with Crippen LogP contribution in [-0.4, -0.2) is 23.9 Å². The van der Waals surface area contributed by atoms with E-state index in [0.717, 1.165) is 19.5 Å². The third-order valence-corrected chi connectivity index (χ3v) is 2.86. The molecule has 1 rings (SSSR count). The van der Waals surface area contributed by atoms with E-state index < -0.39 is 0 Å². The highest BCUT2D eigenvalue weighted by atomic mass is 16.2. The van der Waals surface area contributed by atoms with Gasteiger partial charge in [-0.15, -0.1) is 0 Å². The van der Waals surface area contributed by atoms with Crippen molar-refractivity contribution >= 4 is 5.91 Å². The van der Waals surface area contributed by atoms with Crippen LogP contribution in [0.2, 0.25) is 0 Å². The summed E-state index contributed by atoms with van der Waals surface area (Å²) in [5, 5.41) is 0. The molecule has 0 bridgehead atoms. The first-order valence-electron chi connectivity index (χ1n) is 4.87. The van der Waals surface area contributed by atoms with Gasteiger partial charge in [-0.2, -0.15) is 0 Å². The zero-order valence-corrected chi connectivity index (χ0v) is 8.39. The van der Waals surface area contributed by atoms with Crippen molar-refractivity contribution < 1.29 is 4.79 Å². The number of rotatable bonds is 2. The summed E-state index contributed by atoms with van der Waals surface area (Å²) in [6.07, 6.45) is 3.30. The molecular weight excluding hydrogens is 150 g/mol. The van der Waals surface area contributed by atoms with Crippen LogP contribution in [0.1, 0.15) is 40.0 Å². The normalized spacial score (nSPS) is 18.4. The quantitative estimate of drug-likeness (QED) is 0.619. The van der Waals surface area contributed by atoms with E-state index in [1.807, 2.05) is 18.7 Å². The van der Waals surface area contributed by atoms with Crippen molar-refractivity contribution in [3.63, 3.8) is 0 Å². The maximum atomic E-state index is 11.8. The first-order chi connectivity index (χ1) is 5.58. The molecule has 2 nitrogen and oxygen atoms in total. The molecule has 12 heavy (non-hydrogen) atoms. The molecule has 0 radical (unpaired) electrons. The fraction of sp³-hybridized carbons (Fsp3) is 0.900. The van der Waals surface area contributed by atoms with E-state index in [-0.39, 0.29) is 5.41 Å². The van der Waals surface area contributed by atoms with Crippen LogP contribution >= 0.6 is 0 Å². The number of amides is 1. The Hall–Kier alpha value is -0.530. The second-order valence-corrected chi connectivity index (χ2v) is 4.24. The Morgan fingerprint density at radius 1 is 1.33 bits per heavy atom. The summed E-state index contributed by atoms with van der Waals surface area (Å²) in [5.41, 5.74) is -0.148. The average Bonchev–Trinajstić information content (AvgIpc) is 2.55. The lowest BCUT2D eigenvalue weighted by Gasteiger charge is -2.27. The number of carbonyl (C=O) groups excluding carboxylic acids is 1. The van der Waals surface area contributed by atoms with Crippen molar-refractivity contribution in [2.75, 3.05) is 13.1 Å². The Morgan fingerprint density at radius 2 is 1.83 bits per heavy atom. The second-order valence-electron chi connectivity index (χ2n) is 4.24. The maximum Gasteiger partial charge on any atom is 0.228 e. The number of carbonyl (C=O) groups is 1. The summed E-state index contributed by atoms with van der Waals surface area (Å²) in [5.74, 6) is 0.336. The minimum Gasteiger partial charge on any atom is -0.342 e. The first kappa shape index (κ1) is 9.56. The third-order valence-electron chi connectivity index (χ3n) is 2.86. The fourth-order valence-corrected chi connectivity index (χ4v) is 1.50. The van der Waals surface area contributed by atoms with Gasteiger partial charge in [-0.25, -0.2) is 0 Å². The summed E-state index contributed by atoms with van der Waals surface area (Å²) in [6.45, 7) is 8.10. The number of likely N-dealkylation sites (tertiary alicyclic amines) is 1. The van der Waals surface area contributed by atoms with Gasteiger partial charge in [0.25, 0.3) is 0 Å². The van der Waals surface area contributed by atoms with Gasteiger partial charge in [0, 0.05) is 18.5 Å². The number of hydrogen-bond donors (Lipinski definition) is 0. The number of nitrogens with zero attached hydrogens (tertiary/aromatic N) is 1. The van der Waals surface area contributed by atoms with Gasteiger partial charge < -0.3 is 4.90 Å². The zero-order valence-electron chi connectivity index (χ0n) is 8.39. The molecule has 0 aromatic heterocycles. The molecule has 0 N–H and O–H groups in total. The zero-order chi connectivity index (χ0) is 9.19. The first-order valence-corrected chi connectivity index (χ1v) is 4.87. The molecule has 1 aliphatic rings. The summed E-state index contributed by atoms with van der Waals surface area (Å²) >= 11 is 0.